The summed E-state index contributed by atoms with van der Waals surface area (Å²) < 4.78 is 0. The second-order valence-electron chi connectivity index (χ2n) is 7.47. The number of H-pyrrole nitrogens is 1. The molecule has 1 amide bonds. The maximum atomic E-state index is 12.8. The van der Waals surface area contributed by atoms with E-state index >= 15 is 0 Å². The summed E-state index contributed by atoms with van der Waals surface area (Å²) in [4.78, 5) is 15.3. The molecule has 1 aromatic heterocycles. The fourth-order valence-electron chi connectivity index (χ4n) is 4.70. The van der Waals surface area contributed by atoms with Gasteiger partial charge >= 0.3 is 0 Å². The van der Waals surface area contributed by atoms with Gasteiger partial charge in [0.05, 0.1) is 5.69 Å². The summed E-state index contributed by atoms with van der Waals surface area (Å²) in [6, 6.07) is 0.263. The molecule has 2 saturated heterocycles. The predicted molar refractivity (Wildman–Crippen MR) is 95.5 cm³/mol. The predicted octanol–water partition coefficient (Wildman–Crippen LogP) is 2.83. The third-order valence-corrected chi connectivity index (χ3v) is 6.44. The summed E-state index contributed by atoms with van der Waals surface area (Å²) in [5, 5.41) is 10.5. The normalized spacial score (nSPS) is 31.7. The summed E-state index contributed by atoms with van der Waals surface area (Å²) in [5.41, 5.74) is 3.79. The number of allylic oxidation sites excluding steroid dienone is 1. The molecule has 1 spiro atoms. The van der Waals surface area contributed by atoms with Crippen LogP contribution in [0, 0.1) is 5.92 Å². The Balaban J connectivity index is 1.52. The van der Waals surface area contributed by atoms with Crippen LogP contribution in [0.3, 0.4) is 0 Å². The van der Waals surface area contributed by atoms with Gasteiger partial charge in [0.2, 0.25) is 0 Å². The molecular weight excluding hydrogens is 300 g/mol. The molecule has 5 nitrogen and oxygen atoms in total. The molecule has 3 atom stereocenters. The van der Waals surface area contributed by atoms with Gasteiger partial charge in [0.25, 0.3) is 5.91 Å². The molecular formula is C19H26N4O. The Morgan fingerprint density at radius 2 is 2.38 bits per heavy atom. The van der Waals surface area contributed by atoms with Crippen LogP contribution in [-0.4, -0.2) is 45.7 Å². The maximum Gasteiger partial charge on any atom is 0.272 e. The van der Waals surface area contributed by atoms with Crippen molar-refractivity contribution >= 4 is 18.1 Å². The van der Waals surface area contributed by atoms with Crippen LogP contribution in [0.1, 0.15) is 61.3 Å². The van der Waals surface area contributed by atoms with E-state index in [0.717, 1.165) is 24.2 Å². The van der Waals surface area contributed by atoms with Crippen molar-refractivity contribution in [2.45, 2.75) is 51.1 Å². The van der Waals surface area contributed by atoms with Crippen LogP contribution >= 0.6 is 0 Å². The molecule has 3 heterocycles. The number of rotatable bonds is 5. The number of carbonyl (C=O) groups excluding carboxylic acids is 1. The minimum absolute atomic E-state index is 0.0792. The minimum Gasteiger partial charge on any atom is -0.346 e. The highest BCUT2D eigenvalue weighted by molar-refractivity contribution is 5.97. The first-order chi connectivity index (χ1) is 11.6. The van der Waals surface area contributed by atoms with Crippen LogP contribution in [0.25, 0.3) is 12.2 Å². The van der Waals surface area contributed by atoms with Crippen molar-refractivity contribution in [1.29, 1.82) is 0 Å². The van der Waals surface area contributed by atoms with Gasteiger partial charge < -0.3 is 5.32 Å². The van der Waals surface area contributed by atoms with Gasteiger partial charge in [0.15, 0.2) is 5.69 Å². The standard InChI is InChI=1S/C19H26N4O/c1-4-12(3)10-15-13(5-2)17(22-21-15)18(24)20-16-11-23-9-8-19(23)7-6-14(16)19/h5,10,14,16H,2,4,6-9,11H2,1,3H3,(H,20,24)(H,21,22)/b12-10-. The zero-order valence-electron chi connectivity index (χ0n) is 14.6. The fraction of sp³-hybridized carbons (Fsp3) is 0.579. The lowest BCUT2D eigenvalue weighted by atomic mass is 9.61. The molecule has 0 radical (unpaired) electrons. The van der Waals surface area contributed by atoms with Crippen molar-refractivity contribution in [2.75, 3.05) is 13.1 Å². The van der Waals surface area contributed by atoms with Crippen LogP contribution in [0.15, 0.2) is 12.2 Å². The van der Waals surface area contributed by atoms with Gasteiger partial charge in [-0.3, -0.25) is 14.8 Å². The van der Waals surface area contributed by atoms with Crippen LogP contribution in [-0.2, 0) is 0 Å². The summed E-state index contributed by atoms with van der Waals surface area (Å²) in [6.07, 6.45) is 8.58. The van der Waals surface area contributed by atoms with E-state index in [1.165, 1.54) is 31.4 Å². The quantitative estimate of drug-likeness (QED) is 0.875. The molecule has 5 heteroatoms. The molecule has 2 N–H and O–H groups in total. The molecule has 1 saturated carbocycles. The van der Waals surface area contributed by atoms with E-state index in [2.05, 4.69) is 40.8 Å². The molecule has 0 aromatic carbocycles. The number of aromatic amines is 1. The number of amides is 1. The minimum atomic E-state index is -0.0792. The highest BCUT2D eigenvalue weighted by atomic mass is 16.2. The van der Waals surface area contributed by atoms with Gasteiger partial charge in [-0.2, -0.15) is 5.10 Å². The van der Waals surface area contributed by atoms with Crippen molar-refractivity contribution < 1.29 is 4.79 Å². The van der Waals surface area contributed by atoms with E-state index in [0.29, 0.717) is 17.2 Å². The molecule has 2 aliphatic heterocycles. The molecule has 0 bridgehead atoms. The lowest BCUT2D eigenvalue weighted by Gasteiger charge is -2.58. The average molecular weight is 326 g/mol. The van der Waals surface area contributed by atoms with Crippen LogP contribution < -0.4 is 5.32 Å². The van der Waals surface area contributed by atoms with Crippen molar-refractivity contribution in [2.24, 2.45) is 5.92 Å². The maximum absolute atomic E-state index is 12.8. The Morgan fingerprint density at radius 3 is 2.92 bits per heavy atom. The van der Waals surface area contributed by atoms with Gasteiger partial charge in [0, 0.05) is 30.2 Å². The monoisotopic (exact) mass is 326 g/mol. The average Bonchev–Trinajstić information content (AvgIpc) is 2.97. The van der Waals surface area contributed by atoms with E-state index < -0.39 is 0 Å². The van der Waals surface area contributed by atoms with Crippen LogP contribution in [0.5, 0.6) is 0 Å². The van der Waals surface area contributed by atoms with Gasteiger partial charge in [-0.25, -0.2) is 0 Å². The van der Waals surface area contributed by atoms with E-state index in [-0.39, 0.29) is 11.9 Å². The SMILES string of the molecule is C=Cc1c(C(=O)NC2CN3CCC34CCC24)n[nH]c1/C=C(/C)CC. The summed E-state index contributed by atoms with van der Waals surface area (Å²) in [5.74, 6) is 0.549. The zero-order valence-corrected chi connectivity index (χ0v) is 14.6. The molecule has 3 fully saturated rings. The molecule has 4 rings (SSSR count). The largest absolute Gasteiger partial charge is 0.346 e. The van der Waals surface area contributed by atoms with Gasteiger partial charge in [-0.05, 0) is 44.6 Å². The number of nitrogens with one attached hydrogen (secondary N) is 2. The third-order valence-electron chi connectivity index (χ3n) is 6.44. The first-order valence-electron chi connectivity index (χ1n) is 9.03. The molecule has 1 aromatic rings. The molecule has 3 unspecified atom stereocenters. The van der Waals surface area contributed by atoms with E-state index in [4.69, 9.17) is 0 Å². The fourth-order valence-corrected chi connectivity index (χ4v) is 4.70. The zero-order chi connectivity index (χ0) is 16.9. The smallest absolute Gasteiger partial charge is 0.272 e. The Hall–Kier alpha value is -1.88. The number of aromatic nitrogens is 2. The number of nitrogens with zero attached hydrogens (tertiary/aromatic N) is 2. The third kappa shape index (κ3) is 2.10. The van der Waals surface area contributed by atoms with Gasteiger partial charge in [0.1, 0.15) is 0 Å². The first-order valence-corrected chi connectivity index (χ1v) is 9.03. The second kappa shape index (κ2) is 5.59. The van der Waals surface area contributed by atoms with E-state index in [9.17, 15) is 4.79 Å². The Kier molecular flexibility index (Phi) is 3.64. The highest BCUT2D eigenvalue weighted by Crippen LogP contribution is 2.57. The Labute approximate surface area is 143 Å². The Bertz CT molecular complexity index is 715. The van der Waals surface area contributed by atoms with Gasteiger partial charge in [-0.15, -0.1) is 0 Å². The van der Waals surface area contributed by atoms with E-state index in [1.807, 2.05) is 6.08 Å². The molecule has 24 heavy (non-hydrogen) atoms. The lowest BCUT2D eigenvalue weighted by Crippen LogP contribution is -2.64. The summed E-state index contributed by atoms with van der Waals surface area (Å²) >= 11 is 0. The number of hydrogen-bond acceptors (Lipinski definition) is 3. The first kappa shape index (κ1) is 15.6. The summed E-state index contributed by atoms with van der Waals surface area (Å²) in [7, 11) is 0. The molecule has 3 aliphatic rings. The summed E-state index contributed by atoms with van der Waals surface area (Å²) in [6.45, 7) is 10.2. The molecule has 128 valence electrons. The van der Waals surface area contributed by atoms with Crippen LogP contribution in [0.2, 0.25) is 0 Å². The van der Waals surface area contributed by atoms with Crippen LogP contribution in [0.4, 0.5) is 0 Å². The highest BCUT2D eigenvalue weighted by Gasteiger charge is 2.63. The van der Waals surface area contributed by atoms with E-state index in [1.54, 1.807) is 6.08 Å². The van der Waals surface area contributed by atoms with Gasteiger partial charge in [-0.1, -0.05) is 25.2 Å². The molecule has 1 aliphatic carbocycles. The van der Waals surface area contributed by atoms with Crippen molar-refractivity contribution in [3.05, 3.63) is 29.1 Å². The van der Waals surface area contributed by atoms with Crippen molar-refractivity contribution in [3.8, 4) is 0 Å². The Morgan fingerprint density at radius 1 is 1.54 bits per heavy atom. The topological polar surface area (TPSA) is 61.0 Å². The number of hydrogen-bond donors (Lipinski definition) is 2. The second-order valence-corrected chi connectivity index (χ2v) is 7.47. The van der Waals surface area contributed by atoms with Crippen molar-refractivity contribution in [1.82, 2.24) is 20.4 Å². The lowest BCUT2D eigenvalue weighted by molar-refractivity contribution is -0.0676. The number of carbonyl (C=O) groups is 1. The van der Waals surface area contributed by atoms with Crippen molar-refractivity contribution in [3.63, 3.8) is 0 Å².